The second-order valence-electron chi connectivity index (χ2n) is 6.48. The fourth-order valence-corrected chi connectivity index (χ4v) is 4.50. The summed E-state index contributed by atoms with van der Waals surface area (Å²) in [4.78, 5) is 28.5. The van der Waals surface area contributed by atoms with Gasteiger partial charge in [0, 0.05) is 26.2 Å². The van der Waals surface area contributed by atoms with Gasteiger partial charge in [-0.05, 0) is 37.6 Å². The lowest BCUT2D eigenvalue weighted by Crippen LogP contribution is -2.52. The predicted molar refractivity (Wildman–Crippen MR) is 74.1 cm³/mol. The summed E-state index contributed by atoms with van der Waals surface area (Å²) in [5, 5.41) is 9.45. The summed E-state index contributed by atoms with van der Waals surface area (Å²) < 4.78 is 0. The van der Waals surface area contributed by atoms with E-state index in [-0.39, 0.29) is 17.7 Å². The highest BCUT2D eigenvalue weighted by molar-refractivity contribution is 5.86. The maximum absolute atomic E-state index is 12.7. The second-order valence-corrected chi connectivity index (χ2v) is 6.48. The second kappa shape index (κ2) is 5.35. The number of aliphatic carboxylic acids is 1. The number of piperazine rings is 1. The molecule has 1 aliphatic heterocycles. The van der Waals surface area contributed by atoms with Gasteiger partial charge in [0.2, 0.25) is 5.91 Å². The van der Waals surface area contributed by atoms with Crippen LogP contribution in [0.4, 0.5) is 0 Å². The highest BCUT2D eigenvalue weighted by Crippen LogP contribution is 2.52. The molecule has 1 amide bonds. The van der Waals surface area contributed by atoms with Gasteiger partial charge >= 0.3 is 5.97 Å². The summed E-state index contributed by atoms with van der Waals surface area (Å²) in [6.45, 7) is 6.50. The number of nitrogens with zero attached hydrogens (tertiary/aromatic N) is 2. The standard InChI is InChI=1S/C15H24N2O3/c1-2-16-5-7-17(8-6-16)14(18)12-10-3-4-11(9-10)13(12)15(19)20/h10-13H,2-9H2,1H3,(H,19,20)/t10-,11-,12+,13-/m0/s1. The third kappa shape index (κ3) is 2.22. The lowest BCUT2D eigenvalue weighted by molar-refractivity contribution is -0.153. The molecule has 1 N–H and O–H groups in total. The van der Waals surface area contributed by atoms with E-state index in [1.165, 1.54) is 0 Å². The minimum Gasteiger partial charge on any atom is -0.481 e. The molecular weight excluding hydrogens is 256 g/mol. The van der Waals surface area contributed by atoms with E-state index in [0.717, 1.165) is 52.0 Å². The smallest absolute Gasteiger partial charge is 0.307 e. The summed E-state index contributed by atoms with van der Waals surface area (Å²) in [6.07, 6.45) is 2.98. The molecule has 2 bridgehead atoms. The molecule has 5 heteroatoms. The van der Waals surface area contributed by atoms with E-state index < -0.39 is 11.9 Å². The molecule has 0 unspecified atom stereocenters. The molecular formula is C15H24N2O3. The van der Waals surface area contributed by atoms with Crippen LogP contribution in [0.1, 0.15) is 26.2 Å². The molecule has 0 aromatic rings. The maximum Gasteiger partial charge on any atom is 0.307 e. The highest BCUT2D eigenvalue weighted by Gasteiger charge is 2.54. The first-order valence-electron chi connectivity index (χ1n) is 7.85. The normalized spacial score (nSPS) is 37.4. The molecule has 20 heavy (non-hydrogen) atoms. The van der Waals surface area contributed by atoms with Gasteiger partial charge in [-0.2, -0.15) is 0 Å². The number of carboxylic acids is 1. The first-order valence-corrected chi connectivity index (χ1v) is 7.85. The van der Waals surface area contributed by atoms with Crippen LogP contribution in [-0.4, -0.2) is 59.5 Å². The predicted octanol–water partition coefficient (Wildman–Crippen LogP) is 0.897. The van der Waals surface area contributed by atoms with Crippen LogP contribution in [0.15, 0.2) is 0 Å². The Morgan fingerprint density at radius 3 is 2.20 bits per heavy atom. The number of rotatable bonds is 3. The van der Waals surface area contributed by atoms with Gasteiger partial charge < -0.3 is 14.9 Å². The molecule has 1 heterocycles. The van der Waals surface area contributed by atoms with E-state index in [0.29, 0.717) is 5.92 Å². The van der Waals surface area contributed by atoms with Crippen molar-refractivity contribution in [1.29, 1.82) is 0 Å². The largest absolute Gasteiger partial charge is 0.481 e. The van der Waals surface area contributed by atoms with E-state index in [9.17, 15) is 14.7 Å². The van der Waals surface area contributed by atoms with Crippen LogP contribution in [0, 0.1) is 23.7 Å². The van der Waals surface area contributed by atoms with Crippen molar-refractivity contribution in [2.24, 2.45) is 23.7 Å². The Labute approximate surface area is 119 Å². The van der Waals surface area contributed by atoms with Crippen LogP contribution >= 0.6 is 0 Å². The molecule has 4 atom stereocenters. The zero-order valence-electron chi connectivity index (χ0n) is 12.1. The number of hydrogen-bond donors (Lipinski definition) is 1. The number of fused-ring (bicyclic) bond motifs is 2. The topological polar surface area (TPSA) is 60.9 Å². The Morgan fingerprint density at radius 1 is 1.05 bits per heavy atom. The summed E-state index contributed by atoms with van der Waals surface area (Å²) in [6, 6.07) is 0. The van der Waals surface area contributed by atoms with Crippen molar-refractivity contribution in [1.82, 2.24) is 9.80 Å². The van der Waals surface area contributed by atoms with E-state index in [1.54, 1.807) is 0 Å². The lowest BCUT2D eigenvalue weighted by atomic mass is 9.78. The number of hydrogen-bond acceptors (Lipinski definition) is 3. The zero-order chi connectivity index (χ0) is 14.3. The molecule has 3 aliphatic rings. The summed E-state index contributed by atoms with van der Waals surface area (Å²) in [5.41, 5.74) is 0. The van der Waals surface area contributed by atoms with Gasteiger partial charge in [-0.15, -0.1) is 0 Å². The molecule has 2 saturated carbocycles. The SMILES string of the molecule is CCN1CCN(C(=O)[C@@H]2[C@H]3CC[C@@H](C3)[C@@H]2C(=O)O)CC1. The highest BCUT2D eigenvalue weighted by atomic mass is 16.4. The molecule has 3 rings (SSSR count). The van der Waals surface area contributed by atoms with Crippen LogP contribution in [0.25, 0.3) is 0 Å². The molecule has 0 aromatic heterocycles. The van der Waals surface area contributed by atoms with Gasteiger partial charge in [0.1, 0.15) is 0 Å². The van der Waals surface area contributed by atoms with Crippen LogP contribution in [0.2, 0.25) is 0 Å². The van der Waals surface area contributed by atoms with E-state index in [4.69, 9.17) is 0 Å². The Morgan fingerprint density at radius 2 is 1.65 bits per heavy atom. The van der Waals surface area contributed by atoms with Gasteiger partial charge in [-0.1, -0.05) is 6.92 Å². The van der Waals surface area contributed by atoms with Crippen LogP contribution in [0.5, 0.6) is 0 Å². The quantitative estimate of drug-likeness (QED) is 0.834. The Balaban J connectivity index is 1.69. The monoisotopic (exact) mass is 280 g/mol. The van der Waals surface area contributed by atoms with E-state index in [2.05, 4.69) is 11.8 Å². The van der Waals surface area contributed by atoms with Crippen molar-refractivity contribution in [3.8, 4) is 0 Å². The average molecular weight is 280 g/mol. The Kier molecular flexibility index (Phi) is 3.71. The fraction of sp³-hybridized carbons (Fsp3) is 0.867. The minimum atomic E-state index is -0.761. The van der Waals surface area contributed by atoms with Crippen molar-refractivity contribution in [3.05, 3.63) is 0 Å². The van der Waals surface area contributed by atoms with Crippen molar-refractivity contribution >= 4 is 11.9 Å². The van der Waals surface area contributed by atoms with E-state index in [1.807, 2.05) is 4.90 Å². The first-order chi connectivity index (χ1) is 9.61. The van der Waals surface area contributed by atoms with Gasteiger partial charge in [-0.25, -0.2) is 0 Å². The van der Waals surface area contributed by atoms with Crippen molar-refractivity contribution in [3.63, 3.8) is 0 Å². The minimum absolute atomic E-state index is 0.111. The van der Waals surface area contributed by atoms with Crippen LogP contribution in [-0.2, 0) is 9.59 Å². The average Bonchev–Trinajstić information content (AvgIpc) is 3.07. The molecule has 3 fully saturated rings. The molecule has 0 aromatic carbocycles. The van der Waals surface area contributed by atoms with Crippen molar-refractivity contribution < 1.29 is 14.7 Å². The summed E-state index contributed by atoms with van der Waals surface area (Å²) in [7, 11) is 0. The molecule has 2 aliphatic carbocycles. The number of carbonyl (C=O) groups is 2. The van der Waals surface area contributed by atoms with Crippen LogP contribution in [0.3, 0.4) is 0 Å². The number of likely N-dealkylation sites (N-methyl/N-ethyl adjacent to an activating group) is 1. The van der Waals surface area contributed by atoms with Gasteiger partial charge in [0.15, 0.2) is 0 Å². The van der Waals surface area contributed by atoms with Gasteiger partial charge in [-0.3, -0.25) is 9.59 Å². The number of carbonyl (C=O) groups excluding carboxylic acids is 1. The van der Waals surface area contributed by atoms with Gasteiger partial charge in [0.25, 0.3) is 0 Å². The van der Waals surface area contributed by atoms with Crippen molar-refractivity contribution in [2.75, 3.05) is 32.7 Å². The maximum atomic E-state index is 12.7. The summed E-state index contributed by atoms with van der Waals surface area (Å²) >= 11 is 0. The molecule has 0 spiro atoms. The first kappa shape index (κ1) is 13.9. The summed E-state index contributed by atoms with van der Waals surface area (Å²) in [5.74, 6) is -0.769. The third-order valence-electron chi connectivity index (χ3n) is 5.62. The Hall–Kier alpha value is -1.10. The van der Waals surface area contributed by atoms with E-state index >= 15 is 0 Å². The van der Waals surface area contributed by atoms with Crippen LogP contribution < -0.4 is 0 Å². The molecule has 1 saturated heterocycles. The molecule has 0 radical (unpaired) electrons. The Bertz CT molecular complexity index is 404. The number of amides is 1. The van der Waals surface area contributed by atoms with Gasteiger partial charge in [0.05, 0.1) is 11.8 Å². The number of carboxylic acid groups (broad SMARTS) is 1. The lowest BCUT2D eigenvalue weighted by Gasteiger charge is -2.38. The molecule has 112 valence electrons. The third-order valence-corrected chi connectivity index (χ3v) is 5.62. The van der Waals surface area contributed by atoms with Crippen molar-refractivity contribution in [2.45, 2.75) is 26.2 Å². The zero-order valence-corrected chi connectivity index (χ0v) is 12.1. The molecule has 5 nitrogen and oxygen atoms in total. The fourth-order valence-electron chi connectivity index (χ4n) is 4.50.